The average molecular weight is 307 g/mol. The highest BCUT2D eigenvalue weighted by Crippen LogP contribution is 2.35. The van der Waals surface area contributed by atoms with E-state index in [1.54, 1.807) is 25.1 Å². The van der Waals surface area contributed by atoms with E-state index in [0.717, 1.165) is 0 Å². The highest BCUT2D eigenvalue weighted by atomic mass is 16.6. The van der Waals surface area contributed by atoms with Crippen molar-refractivity contribution in [3.05, 3.63) is 45.3 Å². The van der Waals surface area contributed by atoms with Crippen molar-refractivity contribution < 1.29 is 19.2 Å². The van der Waals surface area contributed by atoms with Gasteiger partial charge in [0.05, 0.1) is 24.8 Å². The molecule has 1 atom stereocenters. The molecule has 1 aliphatic rings. The first-order chi connectivity index (χ1) is 10.4. The maximum atomic E-state index is 11.9. The molecule has 8 heteroatoms. The van der Waals surface area contributed by atoms with Crippen molar-refractivity contribution in [2.75, 3.05) is 21.3 Å². The Balaban J connectivity index is 2.54. The average Bonchev–Trinajstić information content (AvgIpc) is 2.51. The lowest BCUT2D eigenvalue weighted by atomic mass is 10.00. The molecule has 1 heterocycles. The minimum Gasteiger partial charge on any atom is -0.493 e. The molecule has 0 fully saturated rings. The number of nitrogens with one attached hydrogen (secondary N) is 1. The lowest BCUT2D eigenvalue weighted by Crippen LogP contribution is -2.45. The summed E-state index contributed by atoms with van der Waals surface area (Å²) in [7, 11) is 4.46. The van der Waals surface area contributed by atoms with Crippen molar-refractivity contribution in [1.29, 1.82) is 0 Å². The molecule has 0 saturated heterocycles. The van der Waals surface area contributed by atoms with E-state index in [2.05, 4.69) is 5.32 Å². The van der Waals surface area contributed by atoms with Crippen molar-refractivity contribution in [2.24, 2.45) is 0 Å². The van der Waals surface area contributed by atoms with Gasteiger partial charge in [-0.25, -0.2) is 4.79 Å². The van der Waals surface area contributed by atoms with Gasteiger partial charge >= 0.3 is 6.03 Å². The zero-order chi connectivity index (χ0) is 16.4. The second kappa shape index (κ2) is 5.92. The number of hydrogen-bond donors (Lipinski definition) is 1. The van der Waals surface area contributed by atoms with Crippen LogP contribution in [0.4, 0.5) is 4.79 Å². The Morgan fingerprint density at radius 1 is 1.27 bits per heavy atom. The van der Waals surface area contributed by atoms with Gasteiger partial charge in [-0.1, -0.05) is 6.07 Å². The van der Waals surface area contributed by atoms with Gasteiger partial charge in [-0.3, -0.25) is 15.0 Å². The van der Waals surface area contributed by atoms with Crippen molar-refractivity contribution in [2.45, 2.75) is 13.0 Å². The molecule has 118 valence electrons. The molecular weight excluding hydrogens is 290 g/mol. The fraction of sp³-hybridized carbons (Fsp3) is 0.357. The lowest BCUT2D eigenvalue weighted by Gasteiger charge is -2.29. The van der Waals surface area contributed by atoms with Crippen LogP contribution in [0.15, 0.2) is 29.6 Å². The molecule has 2 rings (SSSR count). The van der Waals surface area contributed by atoms with Gasteiger partial charge in [-0.05, 0) is 24.6 Å². The first-order valence-corrected chi connectivity index (χ1v) is 6.52. The maximum Gasteiger partial charge on any atom is 0.322 e. The first-order valence-electron chi connectivity index (χ1n) is 6.52. The van der Waals surface area contributed by atoms with Gasteiger partial charge < -0.3 is 14.8 Å². The molecule has 2 amide bonds. The summed E-state index contributed by atoms with van der Waals surface area (Å²) in [5, 5.41) is 14.0. The molecule has 22 heavy (non-hydrogen) atoms. The fourth-order valence-corrected chi connectivity index (χ4v) is 2.33. The van der Waals surface area contributed by atoms with Crippen molar-refractivity contribution in [3.8, 4) is 11.5 Å². The molecule has 1 aliphatic heterocycles. The Kier molecular flexibility index (Phi) is 4.20. The zero-order valence-corrected chi connectivity index (χ0v) is 12.7. The summed E-state index contributed by atoms with van der Waals surface area (Å²) in [5.41, 5.74) is 0.771. The molecule has 0 unspecified atom stereocenters. The molecule has 1 aromatic carbocycles. The number of nitrogens with zero attached hydrogens (tertiary/aromatic N) is 2. The molecule has 0 spiro atoms. The topological polar surface area (TPSA) is 93.9 Å². The minimum absolute atomic E-state index is 0.0747. The van der Waals surface area contributed by atoms with Crippen LogP contribution < -0.4 is 14.8 Å². The first kappa shape index (κ1) is 15.6. The van der Waals surface area contributed by atoms with Gasteiger partial charge in [0.25, 0.3) is 5.70 Å². The Morgan fingerprint density at radius 2 is 1.91 bits per heavy atom. The van der Waals surface area contributed by atoms with E-state index in [9.17, 15) is 14.9 Å². The van der Waals surface area contributed by atoms with Gasteiger partial charge in [0.15, 0.2) is 11.5 Å². The van der Waals surface area contributed by atoms with Crippen LogP contribution in [-0.4, -0.2) is 37.1 Å². The van der Waals surface area contributed by atoms with Crippen molar-refractivity contribution >= 4 is 6.03 Å². The number of benzene rings is 1. The molecule has 0 aliphatic carbocycles. The summed E-state index contributed by atoms with van der Waals surface area (Å²) in [6.07, 6.45) is 0. The van der Waals surface area contributed by atoms with Crippen LogP contribution in [0, 0.1) is 10.1 Å². The van der Waals surface area contributed by atoms with Crippen molar-refractivity contribution in [3.63, 3.8) is 0 Å². The number of rotatable bonds is 4. The molecule has 0 radical (unpaired) electrons. The third-order valence-corrected chi connectivity index (χ3v) is 3.66. The van der Waals surface area contributed by atoms with Gasteiger partial charge in [-0.15, -0.1) is 0 Å². The van der Waals surface area contributed by atoms with Gasteiger partial charge in [0.1, 0.15) is 6.04 Å². The molecule has 0 bridgehead atoms. The smallest absolute Gasteiger partial charge is 0.322 e. The minimum atomic E-state index is -0.849. The van der Waals surface area contributed by atoms with E-state index >= 15 is 0 Å². The highest BCUT2D eigenvalue weighted by Gasteiger charge is 2.38. The van der Waals surface area contributed by atoms with Gasteiger partial charge in [0, 0.05) is 7.05 Å². The van der Waals surface area contributed by atoms with Crippen LogP contribution in [-0.2, 0) is 0 Å². The molecule has 1 aromatic rings. The van der Waals surface area contributed by atoms with E-state index < -0.39 is 17.0 Å². The number of amides is 2. The van der Waals surface area contributed by atoms with Gasteiger partial charge in [-0.2, -0.15) is 0 Å². The van der Waals surface area contributed by atoms with Gasteiger partial charge in [0.2, 0.25) is 0 Å². The summed E-state index contributed by atoms with van der Waals surface area (Å²) < 4.78 is 10.3. The predicted molar refractivity (Wildman–Crippen MR) is 78.3 cm³/mol. The van der Waals surface area contributed by atoms with Crippen LogP contribution >= 0.6 is 0 Å². The number of methoxy groups -OCH3 is 2. The number of nitro groups is 1. The second-order valence-corrected chi connectivity index (χ2v) is 4.78. The third-order valence-electron chi connectivity index (χ3n) is 3.66. The number of carbonyl (C=O) groups is 1. The van der Waals surface area contributed by atoms with Crippen LogP contribution in [0.5, 0.6) is 11.5 Å². The molecule has 0 aromatic heterocycles. The normalized spacial score (nSPS) is 18.1. The van der Waals surface area contributed by atoms with E-state index in [1.807, 2.05) is 0 Å². The predicted octanol–water partition coefficient (Wildman–Crippen LogP) is 1.91. The molecular formula is C14H17N3O5. The Bertz CT molecular complexity index is 656. The maximum absolute atomic E-state index is 11.9. The largest absolute Gasteiger partial charge is 0.493 e. The number of hydrogen-bond acceptors (Lipinski definition) is 5. The SMILES string of the molecule is COc1ccc([C@@H]2NC(=O)N(C)C(C)=C2[N+](=O)[O-])cc1OC. The molecule has 0 saturated carbocycles. The van der Waals surface area contributed by atoms with Crippen molar-refractivity contribution in [1.82, 2.24) is 10.2 Å². The number of urea groups is 1. The standard InChI is InChI=1S/C14H17N3O5/c1-8-13(17(19)20)12(15-14(18)16(8)2)9-5-6-10(21-3)11(7-9)22-4/h5-7,12H,1-4H3,(H,15,18)/t12-/m0/s1. The van der Waals surface area contributed by atoms with Crippen LogP contribution in [0.25, 0.3) is 0 Å². The summed E-state index contributed by atoms with van der Waals surface area (Å²) in [4.78, 5) is 24.1. The number of ether oxygens (including phenoxy) is 2. The summed E-state index contributed by atoms with van der Waals surface area (Å²) in [5.74, 6) is 0.947. The second-order valence-electron chi connectivity index (χ2n) is 4.78. The van der Waals surface area contributed by atoms with E-state index in [4.69, 9.17) is 9.47 Å². The quantitative estimate of drug-likeness (QED) is 0.677. The Hall–Kier alpha value is -2.77. The molecule has 8 nitrogen and oxygen atoms in total. The van der Waals surface area contributed by atoms with E-state index in [-0.39, 0.29) is 5.70 Å². The van der Waals surface area contributed by atoms with E-state index in [1.165, 1.54) is 26.2 Å². The summed E-state index contributed by atoms with van der Waals surface area (Å²) in [6, 6.07) is 3.67. The Morgan fingerprint density at radius 3 is 2.45 bits per heavy atom. The zero-order valence-electron chi connectivity index (χ0n) is 12.7. The monoisotopic (exact) mass is 307 g/mol. The van der Waals surface area contributed by atoms with Crippen LogP contribution in [0.2, 0.25) is 0 Å². The third kappa shape index (κ3) is 2.54. The lowest BCUT2D eigenvalue weighted by molar-refractivity contribution is -0.433. The molecule has 1 N–H and O–H groups in total. The summed E-state index contributed by atoms with van der Waals surface area (Å²) in [6.45, 7) is 1.55. The Labute approximate surface area is 127 Å². The van der Waals surface area contributed by atoms with Crippen LogP contribution in [0.3, 0.4) is 0 Å². The van der Waals surface area contributed by atoms with Crippen LogP contribution in [0.1, 0.15) is 18.5 Å². The van der Waals surface area contributed by atoms with E-state index in [0.29, 0.717) is 22.8 Å². The number of allylic oxidation sites excluding steroid dienone is 1. The fourth-order valence-electron chi connectivity index (χ4n) is 2.33. The highest BCUT2D eigenvalue weighted by molar-refractivity contribution is 5.78. The number of carbonyl (C=O) groups excluding carboxylic acids is 1. The summed E-state index contributed by atoms with van der Waals surface area (Å²) >= 11 is 0.